The van der Waals surface area contributed by atoms with Crippen molar-refractivity contribution in [3.63, 3.8) is 0 Å². The molecule has 0 amide bonds. The molecule has 0 saturated heterocycles. The zero-order chi connectivity index (χ0) is 10.6. The minimum atomic E-state index is -0.972. The molecule has 2 N–H and O–H groups in total. The lowest BCUT2D eigenvalue weighted by atomic mass is 10.3. The first-order valence-corrected chi connectivity index (χ1v) is 4.69. The lowest BCUT2D eigenvalue weighted by molar-refractivity contribution is -0.731. The minimum absolute atomic E-state index is 0.0544. The molecule has 0 aliphatic carbocycles. The number of aliphatic carboxylic acids is 1. The quantitative estimate of drug-likeness (QED) is 0.588. The van der Waals surface area contributed by atoms with E-state index in [1.165, 1.54) is 6.07 Å². The number of carbonyl (C=O) groups is 1. The molecular weight excluding hydrogens is 206 g/mol. The van der Waals surface area contributed by atoms with E-state index in [4.69, 9.17) is 10.3 Å². The highest BCUT2D eigenvalue weighted by atomic mass is 32.2. The Hall–Kier alpha value is -1.56. The van der Waals surface area contributed by atoms with Crippen molar-refractivity contribution in [2.45, 2.75) is 4.90 Å². The van der Waals surface area contributed by atoms with Gasteiger partial charge in [-0.1, -0.05) is 12.1 Å². The number of para-hydroxylation sites is 1. The molecule has 0 saturated carbocycles. The van der Waals surface area contributed by atoms with E-state index >= 15 is 0 Å². The summed E-state index contributed by atoms with van der Waals surface area (Å²) in [5, 5.41) is 17.1. The van der Waals surface area contributed by atoms with E-state index in [-0.39, 0.29) is 16.4 Å². The molecule has 0 bridgehead atoms. The molecule has 1 rings (SSSR count). The normalized spacial score (nSPS) is 9.71. The van der Waals surface area contributed by atoms with Crippen molar-refractivity contribution < 1.29 is 20.0 Å². The molecule has 0 heterocycles. The predicted octanol–water partition coefficient (Wildman–Crippen LogP) is 1.66. The van der Waals surface area contributed by atoms with Crippen LogP contribution in [0.2, 0.25) is 0 Å². The summed E-state index contributed by atoms with van der Waals surface area (Å²) in [7, 11) is 0. The molecule has 74 valence electrons. The number of hydrogen-bond donors (Lipinski definition) is 2. The molecule has 1 aromatic rings. The maximum absolute atomic E-state index is 10.6. The van der Waals surface area contributed by atoms with Crippen molar-refractivity contribution in [2.24, 2.45) is 0 Å². The van der Waals surface area contributed by atoms with Crippen LogP contribution in [0.15, 0.2) is 29.2 Å². The maximum Gasteiger partial charge on any atom is 0.329 e. The average Bonchev–Trinajstić information content (AvgIpc) is 2.15. The van der Waals surface area contributed by atoms with Gasteiger partial charge < -0.3 is 5.11 Å². The summed E-state index contributed by atoms with van der Waals surface area (Å²) < 4.78 is 0. The van der Waals surface area contributed by atoms with Crippen LogP contribution in [0.5, 0.6) is 0 Å². The molecule has 0 aliphatic heterocycles. The van der Waals surface area contributed by atoms with E-state index in [2.05, 4.69) is 0 Å². The summed E-state index contributed by atoms with van der Waals surface area (Å²) in [6.07, 6.45) is 0. The fraction of sp³-hybridized carbons (Fsp3) is 0.125. The van der Waals surface area contributed by atoms with E-state index in [0.717, 1.165) is 11.8 Å². The average molecular weight is 214 g/mol. The van der Waals surface area contributed by atoms with Gasteiger partial charge in [-0.25, -0.2) is 5.21 Å². The Labute approximate surface area is 83.9 Å². The van der Waals surface area contributed by atoms with Crippen LogP contribution in [0, 0.1) is 4.91 Å². The van der Waals surface area contributed by atoms with Crippen LogP contribution in [0.4, 0.5) is 5.69 Å². The summed E-state index contributed by atoms with van der Waals surface area (Å²) >= 11 is 0.982. The summed E-state index contributed by atoms with van der Waals surface area (Å²) in [6, 6.07) is 6.24. The molecule has 0 spiro atoms. The number of benzene rings is 1. The number of nitrogens with zero attached hydrogens (tertiary/aromatic N) is 1. The van der Waals surface area contributed by atoms with Crippen molar-refractivity contribution >= 4 is 23.4 Å². The Morgan fingerprint density at radius 1 is 1.43 bits per heavy atom. The topological polar surface area (TPSA) is 77.6 Å². The Kier molecular flexibility index (Phi) is 3.47. The molecule has 0 aromatic heterocycles. The highest BCUT2D eigenvalue weighted by molar-refractivity contribution is 8.00. The summed E-state index contributed by atoms with van der Waals surface area (Å²) in [4.78, 5) is 21.1. The smallest absolute Gasteiger partial charge is 0.329 e. The van der Waals surface area contributed by atoms with Crippen molar-refractivity contribution in [2.75, 3.05) is 5.75 Å². The van der Waals surface area contributed by atoms with E-state index in [9.17, 15) is 9.70 Å². The number of carboxylic acids is 1. The van der Waals surface area contributed by atoms with E-state index < -0.39 is 5.97 Å². The molecule has 0 fully saturated rings. The van der Waals surface area contributed by atoms with Gasteiger partial charge in [0, 0.05) is 6.07 Å². The van der Waals surface area contributed by atoms with Crippen LogP contribution in [0.1, 0.15) is 0 Å². The van der Waals surface area contributed by atoms with E-state index in [1.807, 2.05) is 0 Å². The summed E-state index contributed by atoms with van der Waals surface area (Å²) in [5.74, 6) is -1.12. The Bertz CT molecular complexity index is 366. The second kappa shape index (κ2) is 4.61. The number of thioether (sulfide) groups is 1. The third-order valence-electron chi connectivity index (χ3n) is 1.42. The summed E-state index contributed by atoms with van der Waals surface area (Å²) in [5.41, 5.74) is 0.0544. The van der Waals surface area contributed by atoms with Crippen LogP contribution in [0.25, 0.3) is 0 Å². The third kappa shape index (κ3) is 2.74. The highest BCUT2D eigenvalue weighted by Crippen LogP contribution is 2.27. The zero-order valence-corrected chi connectivity index (χ0v) is 7.90. The first-order valence-electron chi connectivity index (χ1n) is 3.71. The standard InChI is InChI=1S/C8H7NO4S/c10-8(11)5-14-7-4-2-1-3-6(7)9(12)13/h1-4H,5H2,(H-,10,11,12,13)/p+1. The van der Waals surface area contributed by atoms with Gasteiger partial charge in [-0.15, -0.1) is 11.8 Å². The van der Waals surface area contributed by atoms with Gasteiger partial charge in [-0.3, -0.25) is 4.79 Å². The van der Waals surface area contributed by atoms with Crippen LogP contribution >= 0.6 is 11.8 Å². The fourth-order valence-corrected chi connectivity index (χ4v) is 1.62. The molecule has 0 unspecified atom stereocenters. The van der Waals surface area contributed by atoms with Gasteiger partial charge >= 0.3 is 11.7 Å². The maximum atomic E-state index is 10.6. The number of hydrogen-bond acceptors (Lipinski definition) is 3. The number of carboxylic acid groups (broad SMARTS) is 1. The van der Waals surface area contributed by atoms with Crippen LogP contribution in [-0.2, 0) is 4.79 Å². The molecule has 0 atom stereocenters. The first kappa shape index (κ1) is 10.5. The SMILES string of the molecule is O=C(O)CSc1ccccc1[N+](=O)O. The predicted molar refractivity (Wildman–Crippen MR) is 49.9 cm³/mol. The van der Waals surface area contributed by atoms with Crippen LogP contribution in [-0.4, -0.2) is 27.0 Å². The Morgan fingerprint density at radius 3 is 2.64 bits per heavy atom. The Morgan fingerprint density at radius 2 is 2.07 bits per heavy atom. The second-order valence-electron chi connectivity index (χ2n) is 2.42. The molecule has 6 heteroatoms. The van der Waals surface area contributed by atoms with Crippen molar-refractivity contribution in [3.05, 3.63) is 29.2 Å². The van der Waals surface area contributed by atoms with E-state index in [1.54, 1.807) is 18.2 Å². The van der Waals surface area contributed by atoms with Crippen LogP contribution < -0.4 is 0 Å². The molecule has 0 radical (unpaired) electrons. The monoisotopic (exact) mass is 214 g/mol. The lowest BCUT2D eigenvalue weighted by Crippen LogP contribution is -1.99. The van der Waals surface area contributed by atoms with Gasteiger partial charge in [0.05, 0.1) is 15.6 Å². The molecule has 5 nitrogen and oxygen atoms in total. The van der Waals surface area contributed by atoms with Gasteiger partial charge in [0.1, 0.15) is 0 Å². The first-order chi connectivity index (χ1) is 6.61. The lowest BCUT2D eigenvalue weighted by Gasteiger charge is -1.96. The molecule has 14 heavy (non-hydrogen) atoms. The third-order valence-corrected chi connectivity index (χ3v) is 2.47. The van der Waals surface area contributed by atoms with Gasteiger partial charge in [-0.2, -0.15) is 0 Å². The second-order valence-corrected chi connectivity index (χ2v) is 3.44. The van der Waals surface area contributed by atoms with Crippen molar-refractivity contribution in [1.82, 2.24) is 0 Å². The molecule has 1 aromatic carbocycles. The van der Waals surface area contributed by atoms with Crippen molar-refractivity contribution in [1.29, 1.82) is 0 Å². The van der Waals surface area contributed by atoms with E-state index in [0.29, 0.717) is 4.90 Å². The van der Waals surface area contributed by atoms with Crippen molar-refractivity contribution in [3.8, 4) is 0 Å². The van der Waals surface area contributed by atoms with Crippen LogP contribution in [0.3, 0.4) is 0 Å². The molecule has 0 aliphatic rings. The molecular formula is C8H8NO4S+. The minimum Gasteiger partial charge on any atom is -0.481 e. The highest BCUT2D eigenvalue weighted by Gasteiger charge is 2.18. The van der Waals surface area contributed by atoms with Gasteiger partial charge in [0.2, 0.25) is 0 Å². The van der Waals surface area contributed by atoms with Gasteiger partial charge in [-0.05, 0) is 6.07 Å². The zero-order valence-electron chi connectivity index (χ0n) is 7.08. The van der Waals surface area contributed by atoms with Gasteiger partial charge in [0.25, 0.3) is 4.92 Å². The fourth-order valence-electron chi connectivity index (χ4n) is 0.877. The number of rotatable bonds is 4. The van der Waals surface area contributed by atoms with Gasteiger partial charge in [0.15, 0.2) is 0 Å². The Balaban J connectivity index is 2.84. The largest absolute Gasteiger partial charge is 0.481 e. The summed E-state index contributed by atoms with van der Waals surface area (Å²) in [6.45, 7) is 0.